The van der Waals surface area contributed by atoms with Crippen molar-refractivity contribution < 1.29 is 4.79 Å². The molecule has 6 heteroatoms. The van der Waals surface area contributed by atoms with Crippen LogP contribution in [0.25, 0.3) is 22.3 Å². The van der Waals surface area contributed by atoms with Crippen LogP contribution in [0.3, 0.4) is 0 Å². The Hall–Kier alpha value is -2.76. The summed E-state index contributed by atoms with van der Waals surface area (Å²) < 4.78 is 0. The van der Waals surface area contributed by atoms with Crippen LogP contribution in [0.5, 0.6) is 0 Å². The number of anilines is 1. The van der Waals surface area contributed by atoms with Gasteiger partial charge in [0.15, 0.2) is 11.5 Å². The third-order valence-corrected chi connectivity index (χ3v) is 4.36. The Morgan fingerprint density at radius 3 is 2.70 bits per heavy atom. The van der Waals surface area contributed by atoms with Gasteiger partial charge >= 0.3 is 0 Å². The fourth-order valence-corrected chi connectivity index (χ4v) is 3.08. The Bertz CT molecular complexity index is 837. The van der Waals surface area contributed by atoms with Crippen LogP contribution in [0, 0.1) is 5.92 Å². The van der Waals surface area contributed by atoms with E-state index in [-0.39, 0.29) is 11.8 Å². The largest absolute Gasteiger partial charge is 0.308 e. The van der Waals surface area contributed by atoms with E-state index in [2.05, 4.69) is 25.7 Å². The van der Waals surface area contributed by atoms with Crippen molar-refractivity contribution >= 4 is 22.8 Å². The first-order valence-electron chi connectivity index (χ1n) is 7.89. The number of H-pyrrole nitrogens is 1. The summed E-state index contributed by atoms with van der Waals surface area (Å²) in [5.74, 6) is 0.683. The van der Waals surface area contributed by atoms with Gasteiger partial charge in [-0.25, -0.2) is 0 Å². The average Bonchev–Trinajstić information content (AvgIpc) is 3.25. The zero-order valence-corrected chi connectivity index (χ0v) is 12.6. The molecule has 2 aromatic heterocycles. The fraction of sp³-hybridized carbons (Fsp3) is 0.294. The van der Waals surface area contributed by atoms with Crippen LogP contribution < -0.4 is 5.32 Å². The second kappa shape index (κ2) is 5.79. The van der Waals surface area contributed by atoms with Gasteiger partial charge in [-0.15, -0.1) is 10.2 Å². The first kappa shape index (κ1) is 13.9. The molecule has 0 atom stereocenters. The Labute approximate surface area is 133 Å². The normalized spacial score (nSPS) is 15.1. The molecule has 2 heterocycles. The highest BCUT2D eigenvalue weighted by molar-refractivity contribution is 6.00. The minimum atomic E-state index is 0.0500. The number of carbonyl (C=O) groups excluding carboxylic acids is 1. The molecule has 0 aliphatic heterocycles. The Morgan fingerprint density at radius 1 is 1.13 bits per heavy atom. The van der Waals surface area contributed by atoms with Crippen molar-refractivity contribution in [1.29, 1.82) is 0 Å². The molecule has 116 valence electrons. The number of aromatic nitrogens is 4. The van der Waals surface area contributed by atoms with Crippen molar-refractivity contribution in [3.05, 3.63) is 36.4 Å². The van der Waals surface area contributed by atoms with Crippen molar-refractivity contribution in [2.24, 2.45) is 5.92 Å². The number of aromatic amines is 1. The van der Waals surface area contributed by atoms with Crippen LogP contribution in [0.15, 0.2) is 36.4 Å². The average molecular weight is 307 g/mol. The molecule has 1 fully saturated rings. The lowest BCUT2D eigenvalue weighted by Crippen LogP contribution is -2.20. The number of carbonyl (C=O) groups is 1. The number of fused-ring (bicyclic) bond motifs is 1. The second-order valence-corrected chi connectivity index (χ2v) is 5.90. The van der Waals surface area contributed by atoms with Gasteiger partial charge < -0.3 is 5.32 Å². The van der Waals surface area contributed by atoms with Gasteiger partial charge in [0, 0.05) is 11.5 Å². The molecule has 1 amide bonds. The topological polar surface area (TPSA) is 83.6 Å². The summed E-state index contributed by atoms with van der Waals surface area (Å²) in [6.45, 7) is 0. The molecule has 1 saturated carbocycles. The van der Waals surface area contributed by atoms with Gasteiger partial charge in [0.2, 0.25) is 5.91 Å². The highest BCUT2D eigenvalue weighted by Crippen LogP contribution is 2.28. The first-order chi connectivity index (χ1) is 11.3. The molecule has 0 radical (unpaired) electrons. The van der Waals surface area contributed by atoms with E-state index in [0.717, 1.165) is 42.3 Å². The van der Waals surface area contributed by atoms with E-state index >= 15 is 0 Å². The van der Waals surface area contributed by atoms with Crippen LogP contribution in [0.2, 0.25) is 0 Å². The minimum absolute atomic E-state index is 0.0500. The van der Waals surface area contributed by atoms with Gasteiger partial charge in [-0.1, -0.05) is 43.2 Å². The Balaban J connectivity index is 1.66. The molecule has 2 N–H and O–H groups in total. The third-order valence-electron chi connectivity index (χ3n) is 4.36. The van der Waals surface area contributed by atoms with Crippen LogP contribution in [-0.2, 0) is 4.79 Å². The summed E-state index contributed by atoms with van der Waals surface area (Å²) in [6, 6.07) is 11.7. The van der Waals surface area contributed by atoms with E-state index < -0.39 is 0 Å². The van der Waals surface area contributed by atoms with Gasteiger partial charge in [-0.05, 0) is 18.9 Å². The summed E-state index contributed by atoms with van der Waals surface area (Å²) in [4.78, 5) is 12.3. The summed E-state index contributed by atoms with van der Waals surface area (Å²) in [5.41, 5.74) is 2.32. The number of benzene rings is 1. The van der Waals surface area contributed by atoms with E-state index in [0.29, 0.717) is 11.5 Å². The van der Waals surface area contributed by atoms with Gasteiger partial charge in [0.25, 0.3) is 0 Å². The molecule has 1 aromatic carbocycles. The Morgan fingerprint density at radius 2 is 1.91 bits per heavy atom. The molecule has 0 saturated heterocycles. The molecule has 0 spiro atoms. The highest BCUT2D eigenvalue weighted by atomic mass is 16.2. The van der Waals surface area contributed by atoms with E-state index in [1.807, 2.05) is 36.4 Å². The molecule has 1 aliphatic carbocycles. The molecule has 3 aromatic rings. The lowest BCUT2D eigenvalue weighted by Gasteiger charge is -2.08. The third kappa shape index (κ3) is 2.67. The number of hydrogen-bond acceptors (Lipinski definition) is 4. The standard InChI is InChI=1S/C17H17N5O/c23-17(12-8-4-5-9-12)18-15-13-10-14(11-6-2-1-3-7-11)19-21-16(13)22-20-15/h1-3,6-7,10,12H,4-5,8-9H2,(H2,18,20,21,22,23). The van der Waals surface area contributed by atoms with Gasteiger partial charge in [0.05, 0.1) is 11.1 Å². The molecule has 0 bridgehead atoms. The summed E-state index contributed by atoms with van der Waals surface area (Å²) >= 11 is 0. The number of nitrogens with zero attached hydrogens (tertiary/aromatic N) is 3. The summed E-state index contributed by atoms with van der Waals surface area (Å²) in [7, 11) is 0. The maximum atomic E-state index is 12.3. The van der Waals surface area contributed by atoms with E-state index in [1.165, 1.54) is 0 Å². The highest BCUT2D eigenvalue weighted by Gasteiger charge is 2.24. The molecule has 23 heavy (non-hydrogen) atoms. The molecule has 6 nitrogen and oxygen atoms in total. The predicted molar refractivity (Wildman–Crippen MR) is 87.7 cm³/mol. The fourth-order valence-electron chi connectivity index (χ4n) is 3.08. The summed E-state index contributed by atoms with van der Waals surface area (Å²) in [6.07, 6.45) is 4.18. The molecule has 0 unspecified atom stereocenters. The van der Waals surface area contributed by atoms with E-state index in [9.17, 15) is 4.79 Å². The first-order valence-corrected chi connectivity index (χ1v) is 7.89. The molecular formula is C17H17N5O. The number of amides is 1. The Kier molecular flexibility index (Phi) is 3.49. The predicted octanol–water partition coefficient (Wildman–Crippen LogP) is 3.15. The molecule has 4 rings (SSSR count). The number of hydrogen-bond donors (Lipinski definition) is 2. The second-order valence-electron chi connectivity index (χ2n) is 5.90. The van der Waals surface area contributed by atoms with Gasteiger partial charge in [-0.3, -0.25) is 9.89 Å². The maximum Gasteiger partial charge on any atom is 0.228 e. The van der Waals surface area contributed by atoms with Crippen molar-refractivity contribution in [1.82, 2.24) is 20.4 Å². The maximum absolute atomic E-state index is 12.3. The monoisotopic (exact) mass is 307 g/mol. The zero-order valence-electron chi connectivity index (χ0n) is 12.6. The van der Waals surface area contributed by atoms with Crippen molar-refractivity contribution in [3.63, 3.8) is 0 Å². The van der Waals surface area contributed by atoms with Gasteiger partial charge in [-0.2, -0.15) is 5.10 Å². The van der Waals surface area contributed by atoms with Crippen LogP contribution in [-0.4, -0.2) is 26.3 Å². The van der Waals surface area contributed by atoms with Crippen LogP contribution >= 0.6 is 0 Å². The number of rotatable bonds is 3. The van der Waals surface area contributed by atoms with Crippen LogP contribution in [0.4, 0.5) is 5.82 Å². The quantitative estimate of drug-likeness (QED) is 0.778. The van der Waals surface area contributed by atoms with Crippen molar-refractivity contribution in [2.45, 2.75) is 25.7 Å². The summed E-state index contributed by atoms with van der Waals surface area (Å²) in [5, 5.41) is 19.1. The van der Waals surface area contributed by atoms with E-state index in [4.69, 9.17) is 0 Å². The van der Waals surface area contributed by atoms with Crippen molar-refractivity contribution in [3.8, 4) is 11.3 Å². The lowest BCUT2D eigenvalue weighted by atomic mass is 10.1. The molecular weight excluding hydrogens is 290 g/mol. The van der Waals surface area contributed by atoms with Crippen molar-refractivity contribution in [2.75, 3.05) is 5.32 Å². The number of nitrogens with one attached hydrogen (secondary N) is 2. The van der Waals surface area contributed by atoms with Crippen LogP contribution in [0.1, 0.15) is 25.7 Å². The SMILES string of the molecule is O=C(Nc1n[nH]c2nnc(-c3ccccc3)cc12)C1CCCC1. The minimum Gasteiger partial charge on any atom is -0.308 e. The van der Waals surface area contributed by atoms with Gasteiger partial charge in [0.1, 0.15) is 0 Å². The zero-order chi connectivity index (χ0) is 15.6. The smallest absolute Gasteiger partial charge is 0.228 e. The lowest BCUT2D eigenvalue weighted by molar-refractivity contribution is -0.119. The molecule has 1 aliphatic rings. The van der Waals surface area contributed by atoms with E-state index in [1.54, 1.807) is 0 Å².